The Morgan fingerprint density at radius 2 is 1.92 bits per heavy atom. The van der Waals surface area contributed by atoms with Crippen molar-refractivity contribution in [2.24, 2.45) is 0 Å². The largest absolute Gasteiger partial charge is 0.524 e. The first-order valence-corrected chi connectivity index (χ1v) is 8.56. The molecule has 0 aliphatic heterocycles. The fourth-order valence-corrected chi connectivity index (χ4v) is 2.90. The van der Waals surface area contributed by atoms with Crippen LogP contribution in [0.5, 0.6) is 11.5 Å². The van der Waals surface area contributed by atoms with Crippen molar-refractivity contribution in [1.82, 2.24) is 4.98 Å². The van der Waals surface area contributed by atoms with E-state index >= 15 is 0 Å². The molecule has 0 atom stereocenters. The topological polar surface area (TPSA) is 109 Å². The second kappa shape index (κ2) is 6.33. The zero-order chi connectivity index (χ0) is 18.2. The average molecular weight is 365 g/mol. The Morgan fingerprint density at radius 3 is 2.56 bits per heavy atom. The molecule has 0 saturated heterocycles. The molecule has 0 spiro atoms. The number of aromatic amines is 1. The first-order chi connectivity index (χ1) is 11.8. The molecule has 0 saturated carbocycles. The van der Waals surface area contributed by atoms with Crippen molar-refractivity contribution in [1.29, 1.82) is 0 Å². The molecule has 0 unspecified atom stereocenters. The zero-order valence-corrected chi connectivity index (χ0v) is 13.8. The number of benzene rings is 2. The third-order valence-electron chi connectivity index (χ3n) is 3.48. The predicted octanol–water partition coefficient (Wildman–Crippen LogP) is 2.81. The Morgan fingerprint density at radius 1 is 1.16 bits per heavy atom. The third kappa shape index (κ3) is 3.56. The van der Waals surface area contributed by atoms with Gasteiger partial charge in [-0.15, -0.1) is 0 Å². The molecule has 7 nitrogen and oxygen atoms in total. The Bertz CT molecular complexity index is 1060. The van der Waals surface area contributed by atoms with Crippen molar-refractivity contribution in [2.75, 3.05) is 7.11 Å². The predicted molar refractivity (Wildman–Crippen MR) is 89.2 cm³/mol. The standard InChI is InChI=1S/C16H13FNO6P/c1-23-14-6-5-11-15(16(14)24-25(20,21)22)13(19)8-12(18-11)9-3-2-4-10(17)7-9/h2-8H,1H3,(H,18,19)(H2,20,21,22). The van der Waals surface area contributed by atoms with Gasteiger partial charge in [0.05, 0.1) is 18.0 Å². The first-order valence-electron chi connectivity index (χ1n) is 7.03. The molecule has 3 rings (SSSR count). The second-order valence-corrected chi connectivity index (χ2v) is 6.32. The highest BCUT2D eigenvalue weighted by atomic mass is 31.2. The van der Waals surface area contributed by atoms with Crippen LogP contribution in [0.1, 0.15) is 0 Å². The number of hydrogen-bond acceptors (Lipinski definition) is 4. The van der Waals surface area contributed by atoms with Crippen molar-refractivity contribution in [2.45, 2.75) is 0 Å². The normalized spacial score (nSPS) is 11.5. The summed E-state index contributed by atoms with van der Waals surface area (Å²) in [6.07, 6.45) is 0. The molecule has 0 fully saturated rings. The number of phosphoric ester groups is 1. The highest BCUT2D eigenvalue weighted by Crippen LogP contribution is 2.44. The molecule has 3 aromatic rings. The number of ether oxygens (including phenoxy) is 1. The van der Waals surface area contributed by atoms with E-state index in [9.17, 15) is 13.8 Å². The summed E-state index contributed by atoms with van der Waals surface area (Å²) in [5.74, 6) is -0.820. The lowest BCUT2D eigenvalue weighted by molar-refractivity contribution is 0.278. The molecule has 1 aromatic heterocycles. The van der Waals surface area contributed by atoms with E-state index in [1.165, 1.54) is 43.5 Å². The van der Waals surface area contributed by atoms with Gasteiger partial charge in [0, 0.05) is 17.3 Å². The van der Waals surface area contributed by atoms with Crippen LogP contribution in [0.25, 0.3) is 22.2 Å². The molecule has 130 valence electrons. The van der Waals surface area contributed by atoms with E-state index < -0.39 is 19.1 Å². The minimum atomic E-state index is -4.91. The van der Waals surface area contributed by atoms with Gasteiger partial charge < -0.3 is 14.2 Å². The SMILES string of the molecule is COc1ccc2[nH]c(-c3cccc(F)c3)cc(=O)c2c1OP(=O)(O)O. The van der Waals surface area contributed by atoms with Gasteiger partial charge in [-0.05, 0) is 24.3 Å². The van der Waals surface area contributed by atoms with Crippen LogP contribution in [0.4, 0.5) is 4.39 Å². The van der Waals surface area contributed by atoms with Gasteiger partial charge >= 0.3 is 7.82 Å². The van der Waals surface area contributed by atoms with Gasteiger partial charge in [0.15, 0.2) is 16.9 Å². The summed E-state index contributed by atoms with van der Waals surface area (Å²) in [7, 11) is -3.63. The highest BCUT2D eigenvalue weighted by Gasteiger charge is 2.23. The van der Waals surface area contributed by atoms with Gasteiger partial charge in [0.1, 0.15) is 5.82 Å². The van der Waals surface area contributed by atoms with E-state index in [1.54, 1.807) is 6.07 Å². The number of H-pyrrole nitrogens is 1. The van der Waals surface area contributed by atoms with Crippen molar-refractivity contribution in [3.05, 3.63) is 58.5 Å². The molecule has 0 radical (unpaired) electrons. The number of rotatable bonds is 4. The van der Waals surface area contributed by atoms with Crippen molar-refractivity contribution in [3.63, 3.8) is 0 Å². The number of pyridine rings is 1. The monoisotopic (exact) mass is 365 g/mol. The number of hydrogen-bond donors (Lipinski definition) is 3. The van der Waals surface area contributed by atoms with Crippen LogP contribution in [-0.2, 0) is 4.57 Å². The lowest BCUT2D eigenvalue weighted by Crippen LogP contribution is -2.06. The summed E-state index contributed by atoms with van der Waals surface area (Å²) in [5.41, 5.74) is 0.503. The van der Waals surface area contributed by atoms with Crippen LogP contribution in [0.3, 0.4) is 0 Å². The third-order valence-corrected chi connectivity index (χ3v) is 3.90. The smallest absolute Gasteiger partial charge is 0.493 e. The van der Waals surface area contributed by atoms with Crippen molar-refractivity contribution < 1.29 is 28.0 Å². The first kappa shape index (κ1) is 17.2. The van der Waals surface area contributed by atoms with Crippen LogP contribution in [0, 0.1) is 5.82 Å². The Labute approximate surface area is 140 Å². The minimum absolute atomic E-state index is 0.000157. The Kier molecular flexibility index (Phi) is 4.34. The maximum absolute atomic E-state index is 13.4. The fraction of sp³-hybridized carbons (Fsp3) is 0.0625. The molecule has 2 aromatic carbocycles. The fourth-order valence-electron chi connectivity index (χ4n) is 2.48. The molecular weight excluding hydrogens is 352 g/mol. The minimum Gasteiger partial charge on any atom is -0.493 e. The van der Waals surface area contributed by atoms with Crippen LogP contribution >= 0.6 is 7.82 Å². The Balaban J connectivity index is 2.27. The molecule has 3 N–H and O–H groups in total. The van der Waals surface area contributed by atoms with E-state index in [0.717, 1.165) is 0 Å². The lowest BCUT2D eigenvalue weighted by atomic mass is 10.1. The van der Waals surface area contributed by atoms with E-state index in [2.05, 4.69) is 9.51 Å². The van der Waals surface area contributed by atoms with E-state index in [1.807, 2.05) is 0 Å². The molecule has 25 heavy (non-hydrogen) atoms. The van der Waals surface area contributed by atoms with E-state index in [0.29, 0.717) is 11.3 Å². The lowest BCUT2D eigenvalue weighted by Gasteiger charge is -2.14. The maximum atomic E-state index is 13.4. The molecule has 0 amide bonds. The van der Waals surface area contributed by atoms with E-state index in [-0.39, 0.29) is 22.4 Å². The van der Waals surface area contributed by atoms with Crippen LogP contribution < -0.4 is 14.7 Å². The van der Waals surface area contributed by atoms with Gasteiger partial charge in [0.25, 0.3) is 0 Å². The number of aromatic nitrogens is 1. The molecule has 9 heteroatoms. The maximum Gasteiger partial charge on any atom is 0.524 e. The molecule has 0 aliphatic carbocycles. The van der Waals surface area contributed by atoms with Crippen molar-refractivity contribution in [3.8, 4) is 22.8 Å². The van der Waals surface area contributed by atoms with Crippen LogP contribution in [0.15, 0.2) is 47.3 Å². The summed E-state index contributed by atoms with van der Waals surface area (Å²) < 4.78 is 34.3. The number of fused-ring (bicyclic) bond motifs is 1. The number of methoxy groups -OCH3 is 1. The van der Waals surface area contributed by atoms with Gasteiger partial charge in [-0.2, -0.15) is 0 Å². The quantitative estimate of drug-likeness (QED) is 0.614. The highest BCUT2D eigenvalue weighted by molar-refractivity contribution is 7.46. The number of nitrogens with one attached hydrogen (secondary N) is 1. The van der Waals surface area contributed by atoms with Crippen LogP contribution in [-0.4, -0.2) is 21.9 Å². The van der Waals surface area contributed by atoms with Gasteiger partial charge in [-0.25, -0.2) is 8.96 Å². The van der Waals surface area contributed by atoms with Gasteiger partial charge in [-0.3, -0.25) is 14.6 Å². The summed E-state index contributed by atoms with van der Waals surface area (Å²) in [5, 5.41) is -0.0807. The Hall–Kier alpha value is -2.67. The van der Waals surface area contributed by atoms with Crippen LogP contribution in [0.2, 0.25) is 0 Å². The van der Waals surface area contributed by atoms with E-state index in [4.69, 9.17) is 14.5 Å². The summed E-state index contributed by atoms with van der Waals surface area (Å²) >= 11 is 0. The van der Waals surface area contributed by atoms with Gasteiger partial charge in [-0.1, -0.05) is 12.1 Å². The number of phosphoric acid groups is 1. The molecular formula is C16H13FNO6P. The average Bonchev–Trinajstić information content (AvgIpc) is 2.53. The number of halogens is 1. The molecule has 1 heterocycles. The second-order valence-electron chi connectivity index (χ2n) is 5.16. The van der Waals surface area contributed by atoms with Gasteiger partial charge in [0.2, 0.25) is 0 Å². The summed E-state index contributed by atoms with van der Waals surface area (Å²) in [6, 6.07) is 9.76. The summed E-state index contributed by atoms with van der Waals surface area (Å²) in [4.78, 5) is 33.6. The molecule has 0 bridgehead atoms. The van der Waals surface area contributed by atoms with Crippen molar-refractivity contribution >= 4 is 18.7 Å². The zero-order valence-electron chi connectivity index (χ0n) is 12.9. The molecule has 0 aliphatic rings. The summed E-state index contributed by atoms with van der Waals surface area (Å²) in [6.45, 7) is 0.